The molecule has 3 aromatic heterocycles. The Kier molecular flexibility index (Phi) is 20.5. The molecule has 0 aliphatic carbocycles. The summed E-state index contributed by atoms with van der Waals surface area (Å²) in [5, 5.41) is 0. The van der Waals surface area contributed by atoms with Gasteiger partial charge in [-0.15, -0.1) is 0 Å². The van der Waals surface area contributed by atoms with Gasteiger partial charge in [-0.05, 0) is 100.0 Å². The Morgan fingerprint density at radius 2 is 0.569 bits per heavy atom. The van der Waals surface area contributed by atoms with Crippen LogP contribution in [0.3, 0.4) is 0 Å². The molecule has 0 amide bonds. The lowest BCUT2D eigenvalue weighted by Crippen LogP contribution is -2.26. The monoisotopic (exact) mass is 988 g/mol. The number of rotatable bonds is 0. The fourth-order valence-electron chi connectivity index (χ4n) is 8.47. The molecule has 0 aliphatic rings. The molecule has 0 bridgehead atoms. The van der Waals surface area contributed by atoms with E-state index in [0.717, 1.165) is 0 Å². The first kappa shape index (κ1) is 66.7. The molecule has 3 heterocycles. The normalized spacial score (nSPS) is 13.8. The van der Waals surface area contributed by atoms with Crippen LogP contribution in [-0.4, -0.2) is 15.0 Å². The second-order valence-corrected chi connectivity index (χ2v) is 33.6. The molecule has 3 nitrogen and oxygen atoms in total. The zero-order chi connectivity index (χ0) is 57.4. The molecule has 0 saturated heterocycles. The molecule has 0 fully saturated rings. The minimum atomic E-state index is 0.0872. The van der Waals surface area contributed by atoms with E-state index in [4.69, 9.17) is 15.0 Å². The van der Waals surface area contributed by atoms with Crippen molar-refractivity contribution in [2.24, 2.45) is 0 Å². The van der Waals surface area contributed by atoms with Gasteiger partial charge >= 0.3 is 0 Å². The van der Waals surface area contributed by atoms with Crippen LogP contribution in [0.4, 0.5) is 0 Å². The second-order valence-electron chi connectivity index (χ2n) is 33.6. The van der Waals surface area contributed by atoms with Gasteiger partial charge in [0.05, 0.1) is 0 Å². The van der Waals surface area contributed by atoms with Crippen LogP contribution in [0.25, 0.3) is 0 Å². The van der Waals surface area contributed by atoms with Gasteiger partial charge in [-0.2, -0.15) is 0 Å². The largest absolute Gasteiger partial charge is 0.260 e. The maximum absolute atomic E-state index is 4.98. The zero-order valence-corrected chi connectivity index (χ0v) is 54.5. The number of hydrogen-bond acceptors (Lipinski definition) is 3. The highest BCUT2D eigenvalue weighted by Gasteiger charge is 2.32. The molecule has 0 saturated carbocycles. The Balaban J connectivity index is 0.000000480. The van der Waals surface area contributed by atoms with E-state index in [-0.39, 0.29) is 65.0 Å². The van der Waals surface area contributed by atoms with Crippen molar-refractivity contribution in [3.8, 4) is 0 Å². The van der Waals surface area contributed by atoms with E-state index in [1.54, 1.807) is 0 Å². The van der Waals surface area contributed by atoms with Crippen molar-refractivity contribution in [2.45, 2.75) is 314 Å². The third-order valence-electron chi connectivity index (χ3n) is 13.2. The van der Waals surface area contributed by atoms with E-state index < -0.39 is 0 Å². The van der Waals surface area contributed by atoms with Crippen molar-refractivity contribution in [1.82, 2.24) is 15.0 Å². The fraction of sp³-hybridized carbons (Fsp3) is 0.696. The molecule has 0 atom stereocenters. The molecular weight excluding hydrogens is 871 g/mol. The number of hydrogen-bond donors (Lipinski definition) is 0. The average Bonchev–Trinajstić information content (AvgIpc) is 3.13. The predicted molar refractivity (Wildman–Crippen MR) is 324 cm³/mol. The molecule has 3 heteroatoms. The summed E-state index contributed by atoms with van der Waals surface area (Å²) in [6.07, 6.45) is 4.14. The van der Waals surface area contributed by atoms with Crippen LogP contribution >= 0.6 is 0 Å². The summed E-state index contributed by atoms with van der Waals surface area (Å²) < 4.78 is 0. The van der Waals surface area contributed by atoms with Crippen LogP contribution in [0.2, 0.25) is 0 Å². The SMILES string of the molecule is CC(C)(C)c1cc(C(C)(C)C)c(C(C)(C)C)cn1.CC(C)(C)c1ccc(C(C)(C)C)c(C(C)(C)C)c1.CC(C)(C)c1ccc(C(C)(C)C)c(C(C)(C)C)n1.CC(C)(C)c1cnc(C(C)(C)C)c(C(C)(C)C)c1. The second kappa shape index (κ2) is 22.1. The van der Waals surface area contributed by atoms with Gasteiger partial charge in [-0.1, -0.05) is 280 Å². The third-order valence-corrected chi connectivity index (χ3v) is 13.2. The molecule has 0 unspecified atom stereocenters. The van der Waals surface area contributed by atoms with E-state index >= 15 is 0 Å². The van der Waals surface area contributed by atoms with Gasteiger partial charge in [-0.25, -0.2) is 0 Å². The quantitative estimate of drug-likeness (QED) is 0.176. The lowest BCUT2D eigenvalue weighted by molar-refractivity contribution is 0.495. The van der Waals surface area contributed by atoms with Crippen molar-refractivity contribution in [3.05, 3.63) is 122 Å². The molecule has 1 aromatic carbocycles. The topological polar surface area (TPSA) is 38.7 Å². The standard InChI is InChI=1S/C18H30.3C17H29N/c1-16(2,3)13-10-11-14(17(4,5)6)15(12-13)18(7,8)9;1-15(2,3)12-10-14(17(7,8)9)18-11-13(12)16(4,5)6;1-15(2,3)12-10-13(16(4,5)6)14(18-11-12)17(7,8)9;1-15(2,3)12-10-11-13(16(4,5)6)18-14(12)17(7,8)9/h10-12H,1-9H3;3*10-11H,1-9H3. The minimum Gasteiger partial charge on any atom is -0.260 e. The highest BCUT2D eigenvalue weighted by Crippen LogP contribution is 2.40. The first-order valence-electron chi connectivity index (χ1n) is 27.5. The van der Waals surface area contributed by atoms with Crippen LogP contribution in [0.5, 0.6) is 0 Å². The smallest absolute Gasteiger partial charge is 0.0497 e. The maximum atomic E-state index is 4.98. The molecule has 0 spiro atoms. The molecule has 72 heavy (non-hydrogen) atoms. The average molecular weight is 989 g/mol. The third kappa shape index (κ3) is 19.7. The van der Waals surface area contributed by atoms with Gasteiger partial charge in [0.2, 0.25) is 0 Å². The van der Waals surface area contributed by atoms with Crippen LogP contribution in [-0.2, 0) is 65.0 Å². The summed E-state index contributed by atoms with van der Waals surface area (Å²) >= 11 is 0. The number of nitrogens with zero attached hydrogens (tertiary/aromatic N) is 3. The van der Waals surface area contributed by atoms with Crippen LogP contribution < -0.4 is 0 Å². The van der Waals surface area contributed by atoms with Crippen LogP contribution in [0, 0.1) is 0 Å². The van der Waals surface area contributed by atoms with Crippen molar-refractivity contribution in [3.63, 3.8) is 0 Å². The Morgan fingerprint density at radius 1 is 0.222 bits per heavy atom. The van der Waals surface area contributed by atoms with E-state index in [1.165, 1.54) is 67.3 Å². The van der Waals surface area contributed by atoms with E-state index in [0.29, 0.717) is 0 Å². The van der Waals surface area contributed by atoms with Gasteiger partial charge in [0.1, 0.15) is 0 Å². The first-order chi connectivity index (χ1) is 31.3. The van der Waals surface area contributed by atoms with E-state index in [9.17, 15) is 0 Å². The Labute approximate surface area is 449 Å². The molecule has 0 N–H and O–H groups in total. The van der Waals surface area contributed by atoms with Gasteiger partial charge in [0.15, 0.2) is 0 Å². The van der Waals surface area contributed by atoms with Gasteiger partial charge < -0.3 is 0 Å². The molecule has 4 rings (SSSR count). The molecule has 0 aliphatic heterocycles. The highest BCUT2D eigenvalue weighted by molar-refractivity contribution is 5.43. The van der Waals surface area contributed by atoms with Crippen molar-refractivity contribution in [2.75, 3.05) is 0 Å². The van der Waals surface area contributed by atoms with Crippen LogP contribution in [0.1, 0.15) is 317 Å². The van der Waals surface area contributed by atoms with E-state index in [2.05, 4.69) is 304 Å². The van der Waals surface area contributed by atoms with Gasteiger partial charge in [0.25, 0.3) is 0 Å². The van der Waals surface area contributed by atoms with Crippen molar-refractivity contribution in [1.29, 1.82) is 0 Å². The summed E-state index contributed by atoms with van der Waals surface area (Å²) in [4.78, 5) is 14.5. The Morgan fingerprint density at radius 3 is 0.903 bits per heavy atom. The number of pyridine rings is 3. The summed E-state index contributed by atoms with van der Waals surface area (Å²) in [6, 6.07) is 16.2. The Hall–Kier alpha value is -3.33. The van der Waals surface area contributed by atoms with E-state index in [1.807, 2.05) is 0 Å². The molecule has 4 aromatic rings. The lowest BCUT2D eigenvalue weighted by atomic mass is 9.73. The van der Waals surface area contributed by atoms with Crippen molar-refractivity contribution >= 4 is 0 Å². The summed E-state index contributed by atoms with van der Waals surface area (Å²) in [7, 11) is 0. The van der Waals surface area contributed by atoms with Crippen LogP contribution in [0.15, 0.2) is 54.9 Å². The first-order valence-corrected chi connectivity index (χ1v) is 27.5. The molecular formula is C69H117N3. The maximum Gasteiger partial charge on any atom is 0.0497 e. The number of aromatic nitrogens is 3. The molecule has 0 radical (unpaired) electrons. The summed E-state index contributed by atoms with van der Waals surface area (Å²) in [6.45, 7) is 81.4. The Bertz CT molecular complexity index is 2030. The zero-order valence-electron chi connectivity index (χ0n) is 54.5. The summed E-state index contributed by atoms with van der Waals surface area (Å²) in [5.41, 5.74) is 17.8. The predicted octanol–water partition coefficient (Wildman–Crippen LogP) is 20.5. The van der Waals surface area contributed by atoms with Crippen molar-refractivity contribution < 1.29 is 0 Å². The highest BCUT2D eigenvalue weighted by atomic mass is 14.8. The fourth-order valence-corrected chi connectivity index (χ4v) is 8.47. The number of benzene rings is 1. The summed E-state index contributed by atoms with van der Waals surface area (Å²) in [5.74, 6) is 0. The minimum absolute atomic E-state index is 0.0872. The van der Waals surface area contributed by atoms with Gasteiger partial charge in [-0.3, -0.25) is 15.0 Å². The molecule has 408 valence electrons. The van der Waals surface area contributed by atoms with Gasteiger partial charge in [0, 0.05) is 56.8 Å². The lowest BCUT2D eigenvalue weighted by Gasteiger charge is -2.32.